The summed E-state index contributed by atoms with van der Waals surface area (Å²) in [5, 5.41) is 4.75. The average Bonchev–Trinajstić information content (AvgIpc) is 2.90. The fourth-order valence-electron chi connectivity index (χ4n) is 2.33. The number of rotatable bonds is 3. The Bertz CT molecular complexity index is 1060. The first-order valence-electron chi connectivity index (χ1n) is 7.07. The first-order chi connectivity index (χ1) is 11.4. The number of halogens is 1. The van der Waals surface area contributed by atoms with Gasteiger partial charge in [-0.25, -0.2) is 10.2 Å². The quantitative estimate of drug-likeness (QED) is 0.567. The summed E-state index contributed by atoms with van der Waals surface area (Å²) in [7, 11) is 4.68. The molecule has 3 rings (SSSR count). The molecule has 0 aliphatic rings. The molecule has 0 fully saturated rings. The third kappa shape index (κ3) is 2.61. The minimum atomic E-state index is -0.429. The lowest BCUT2D eigenvalue weighted by atomic mass is 10.2. The van der Waals surface area contributed by atoms with E-state index < -0.39 is 11.2 Å². The molecule has 0 spiro atoms. The molecule has 0 unspecified atom stereocenters. The number of aryl methyl sites for hydroxylation is 2. The van der Waals surface area contributed by atoms with Crippen molar-refractivity contribution in [1.29, 1.82) is 0 Å². The zero-order chi connectivity index (χ0) is 17.4. The van der Waals surface area contributed by atoms with Crippen molar-refractivity contribution < 1.29 is 0 Å². The second-order valence-corrected chi connectivity index (χ2v) is 5.73. The molecule has 0 atom stereocenters. The Kier molecular flexibility index (Phi) is 3.98. The van der Waals surface area contributed by atoms with Crippen molar-refractivity contribution in [2.24, 2.45) is 26.2 Å². The number of nitrogens with one attached hydrogen (secondary N) is 1. The van der Waals surface area contributed by atoms with Crippen LogP contribution in [0.4, 0.5) is 5.95 Å². The number of hydrogen-bond donors (Lipinski definition) is 1. The monoisotopic (exact) mass is 346 g/mol. The predicted octanol–water partition coefficient (Wildman–Crippen LogP) is 1.07. The van der Waals surface area contributed by atoms with Crippen LogP contribution in [0, 0.1) is 0 Å². The van der Waals surface area contributed by atoms with Crippen LogP contribution in [0.2, 0.25) is 5.02 Å². The van der Waals surface area contributed by atoms with Crippen LogP contribution in [0.3, 0.4) is 0 Å². The molecule has 0 saturated heterocycles. The van der Waals surface area contributed by atoms with Crippen LogP contribution >= 0.6 is 11.6 Å². The molecule has 0 aliphatic carbocycles. The first-order valence-corrected chi connectivity index (χ1v) is 7.45. The fourth-order valence-corrected chi connectivity index (χ4v) is 2.46. The summed E-state index contributed by atoms with van der Waals surface area (Å²) in [6.07, 6.45) is 1.60. The molecule has 0 saturated carbocycles. The molecular weight excluding hydrogens is 332 g/mol. The SMILES string of the molecule is Cn1c(=O)c2c(nc(N/N=C\c3ccc(Cl)cc3)n2C)n(C)c1=O. The lowest BCUT2D eigenvalue weighted by Gasteiger charge is -2.03. The molecule has 24 heavy (non-hydrogen) atoms. The van der Waals surface area contributed by atoms with Crippen molar-refractivity contribution >= 4 is 34.9 Å². The molecule has 0 radical (unpaired) electrons. The lowest BCUT2D eigenvalue weighted by Crippen LogP contribution is -2.37. The van der Waals surface area contributed by atoms with Gasteiger partial charge in [0, 0.05) is 26.2 Å². The predicted molar refractivity (Wildman–Crippen MR) is 93.9 cm³/mol. The van der Waals surface area contributed by atoms with Gasteiger partial charge >= 0.3 is 5.69 Å². The zero-order valence-corrected chi connectivity index (χ0v) is 14.1. The Balaban J connectivity index is 1.99. The third-order valence-electron chi connectivity index (χ3n) is 3.72. The van der Waals surface area contributed by atoms with Gasteiger partial charge in [0.1, 0.15) is 0 Å². The van der Waals surface area contributed by atoms with Gasteiger partial charge in [0.25, 0.3) is 5.56 Å². The van der Waals surface area contributed by atoms with E-state index in [1.807, 2.05) is 12.1 Å². The third-order valence-corrected chi connectivity index (χ3v) is 3.98. The number of fused-ring (bicyclic) bond motifs is 1. The van der Waals surface area contributed by atoms with Crippen LogP contribution < -0.4 is 16.7 Å². The minimum absolute atomic E-state index is 0.301. The van der Waals surface area contributed by atoms with Gasteiger partial charge in [0.15, 0.2) is 11.2 Å². The Morgan fingerprint density at radius 3 is 2.42 bits per heavy atom. The van der Waals surface area contributed by atoms with Crippen LogP contribution in [-0.4, -0.2) is 24.9 Å². The van der Waals surface area contributed by atoms with E-state index in [1.54, 1.807) is 37.0 Å². The molecule has 1 aromatic carbocycles. The number of hydrazone groups is 1. The molecule has 1 N–H and O–H groups in total. The van der Waals surface area contributed by atoms with E-state index >= 15 is 0 Å². The maximum atomic E-state index is 12.3. The zero-order valence-electron chi connectivity index (χ0n) is 13.3. The summed E-state index contributed by atoms with van der Waals surface area (Å²) in [6, 6.07) is 7.17. The average molecular weight is 347 g/mol. The minimum Gasteiger partial charge on any atom is -0.306 e. The van der Waals surface area contributed by atoms with E-state index in [1.165, 1.54) is 11.6 Å². The number of hydrogen-bond acceptors (Lipinski definition) is 5. The molecule has 8 nitrogen and oxygen atoms in total. The smallest absolute Gasteiger partial charge is 0.306 e. The van der Waals surface area contributed by atoms with E-state index in [0.717, 1.165) is 10.1 Å². The van der Waals surface area contributed by atoms with E-state index in [-0.39, 0.29) is 0 Å². The van der Waals surface area contributed by atoms with Gasteiger partial charge in [-0.15, -0.1) is 0 Å². The van der Waals surface area contributed by atoms with Gasteiger partial charge in [0.05, 0.1) is 6.21 Å². The second-order valence-electron chi connectivity index (χ2n) is 5.29. The standard InChI is InChI=1S/C15H15ClN6O2/c1-20-11-12(21(2)15(24)22(3)13(11)23)18-14(20)19-17-8-9-4-6-10(16)7-5-9/h4-8H,1-3H3,(H,18,19)/b17-8-. The van der Waals surface area contributed by atoms with Crippen LogP contribution in [0.15, 0.2) is 39.0 Å². The molecule has 2 aromatic heterocycles. The normalized spacial score (nSPS) is 11.5. The molecule has 0 aliphatic heterocycles. The van der Waals surface area contributed by atoms with E-state index in [2.05, 4.69) is 15.5 Å². The number of nitrogens with zero attached hydrogens (tertiary/aromatic N) is 5. The Labute approximate surface area is 141 Å². The van der Waals surface area contributed by atoms with Gasteiger partial charge in [0.2, 0.25) is 5.95 Å². The van der Waals surface area contributed by atoms with E-state index in [0.29, 0.717) is 22.1 Å². The van der Waals surface area contributed by atoms with Crippen LogP contribution in [0.1, 0.15) is 5.56 Å². The molecule has 3 aromatic rings. The maximum absolute atomic E-state index is 12.3. The van der Waals surface area contributed by atoms with Gasteiger partial charge < -0.3 is 4.57 Å². The Morgan fingerprint density at radius 1 is 1.08 bits per heavy atom. The summed E-state index contributed by atoms with van der Waals surface area (Å²) in [4.78, 5) is 28.5. The van der Waals surface area contributed by atoms with Crippen molar-refractivity contribution in [1.82, 2.24) is 18.7 Å². The summed E-state index contributed by atoms with van der Waals surface area (Å²) >= 11 is 5.83. The topological polar surface area (TPSA) is 86.2 Å². The highest BCUT2D eigenvalue weighted by molar-refractivity contribution is 6.30. The van der Waals surface area contributed by atoms with E-state index in [9.17, 15) is 9.59 Å². The fraction of sp³-hybridized carbons (Fsp3) is 0.200. The van der Waals surface area contributed by atoms with Crippen molar-refractivity contribution in [3.8, 4) is 0 Å². The number of imidazole rings is 1. The van der Waals surface area contributed by atoms with Crippen molar-refractivity contribution in [2.45, 2.75) is 0 Å². The highest BCUT2D eigenvalue weighted by atomic mass is 35.5. The lowest BCUT2D eigenvalue weighted by molar-refractivity contribution is 0.705. The maximum Gasteiger partial charge on any atom is 0.332 e. The summed E-state index contributed by atoms with van der Waals surface area (Å²) in [6.45, 7) is 0. The van der Waals surface area contributed by atoms with E-state index in [4.69, 9.17) is 11.6 Å². The largest absolute Gasteiger partial charge is 0.332 e. The molecular formula is C15H15ClN6O2. The summed E-state index contributed by atoms with van der Waals surface area (Å²) < 4.78 is 3.94. The summed E-state index contributed by atoms with van der Waals surface area (Å²) in [5.74, 6) is 0.355. The Morgan fingerprint density at radius 2 is 1.75 bits per heavy atom. The van der Waals surface area contributed by atoms with Crippen molar-refractivity contribution in [3.63, 3.8) is 0 Å². The molecule has 124 valence electrons. The van der Waals surface area contributed by atoms with Crippen LogP contribution in [-0.2, 0) is 21.1 Å². The highest BCUT2D eigenvalue weighted by Crippen LogP contribution is 2.13. The van der Waals surface area contributed by atoms with Crippen molar-refractivity contribution in [3.05, 3.63) is 55.7 Å². The Hall–Kier alpha value is -2.87. The number of benzene rings is 1. The summed E-state index contributed by atoms with van der Waals surface area (Å²) in [5.41, 5.74) is 3.43. The van der Waals surface area contributed by atoms with Crippen LogP contribution in [0.5, 0.6) is 0 Å². The molecule has 0 amide bonds. The van der Waals surface area contributed by atoms with Crippen molar-refractivity contribution in [2.75, 3.05) is 5.43 Å². The first kappa shape index (κ1) is 16.0. The van der Waals surface area contributed by atoms with Crippen LogP contribution in [0.25, 0.3) is 11.2 Å². The number of anilines is 1. The molecule has 0 bridgehead atoms. The second kappa shape index (κ2) is 5.97. The van der Waals surface area contributed by atoms with Gasteiger partial charge in [-0.3, -0.25) is 13.9 Å². The molecule has 2 heterocycles. The van der Waals surface area contributed by atoms with Gasteiger partial charge in [-0.2, -0.15) is 10.1 Å². The van der Waals surface area contributed by atoms with Gasteiger partial charge in [-0.05, 0) is 17.7 Å². The highest BCUT2D eigenvalue weighted by Gasteiger charge is 2.16. The van der Waals surface area contributed by atoms with Gasteiger partial charge in [-0.1, -0.05) is 23.7 Å². The number of aromatic nitrogens is 4. The molecule has 9 heteroatoms.